The van der Waals surface area contributed by atoms with E-state index in [1.165, 1.54) is 6.92 Å². The highest BCUT2D eigenvalue weighted by Crippen LogP contribution is 2.43. The smallest absolute Gasteiger partial charge is 0.417 e. The molecule has 4 aromatic rings. The van der Waals surface area contributed by atoms with E-state index in [-0.39, 0.29) is 22.6 Å². The Morgan fingerprint density at radius 2 is 1.73 bits per heavy atom. The van der Waals surface area contributed by atoms with E-state index in [2.05, 4.69) is 9.97 Å². The third-order valence-corrected chi connectivity index (χ3v) is 4.78. The van der Waals surface area contributed by atoms with E-state index >= 15 is 0 Å². The van der Waals surface area contributed by atoms with Crippen LogP contribution in [-0.2, 0) is 6.18 Å². The van der Waals surface area contributed by atoms with Gasteiger partial charge in [0.1, 0.15) is 12.0 Å². The standard InChI is InChI=1S/C22H14F3N3O5/c1-11-7-14(22(23,24)25)18(19(26-11)12-5-3-2-4-6-12)21-27-15(10-33-21)13-8-16(28(31)32)20(30)17(29)9-13/h2-10,29-30H,1H3. The van der Waals surface area contributed by atoms with Gasteiger partial charge in [-0.05, 0) is 19.1 Å². The maximum atomic E-state index is 13.9. The molecule has 11 heteroatoms. The molecule has 168 valence electrons. The highest BCUT2D eigenvalue weighted by Gasteiger charge is 2.37. The summed E-state index contributed by atoms with van der Waals surface area (Å²) in [5.74, 6) is -2.15. The van der Waals surface area contributed by atoms with Crippen molar-refractivity contribution < 1.29 is 32.7 Å². The minimum atomic E-state index is -4.75. The van der Waals surface area contributed by atoms with Crippen molar-refractivity contribution in [1.29, 1.82) is 0 Å². The molecular weight excluding hydrogens is 443 g/mol. The Hall–Kier alpha value is -4.41. The van der Waals surface area contributed by atoms with Gasteiger partial charge in [-0.3, -0.25) is 15.1 Å². The monoisotopic (exact) mass is 457 g/mol. The topological polar surface area (TPSA) is 123 Å². The van der Waals surface area contributed by atoms with Crippen LogP contribution in [0.2, 0.25) is 0 Å². The maximum absolute atomic E-state index is 13.9. The van der Waals surface area contributed by atoms with Crippen LogP contribution in [0.1, 0.15) is 11.3 Å². The number of hydrogen-bond acceptors (Lipinski definition) is 7. The van der Waals surface area contributed by atoms with Crippen molar-refractivity contribution in [2.45, 2.75) is 13.1 Å². The Morgan fingerprint density at radius 3 is 2.36 bits per heavy atom. The van der Waals surface area contributed by atoms with Crippen LogP contribution in [-0.4, -0.2) is 25.1 Å². The Bertz CT molecular complexity index is 1370. The van der Waals surface area contributed by atoms with Crippen LogP contribution in [0.15, 0.2) is 59.2 Å². The Labute approximate surface area is 183 Å². The summed E-state index contributed by atoms with van der Waals surface area (Å²) in [6.45, 7) is 1.44. The van der Waals surface area contributed by atoms with Gasteiger partial charge < -0.3 is 14.6 Å². The predicted molar refractivity (Wildman–Crippen MR) is 110 cm³/mol. The number of phenolic OH excluding ortho intramolecular Hbond substituents is 2. The normalized spacial score (nSPS) is 11.5. The molecule has 0 saturated carbocycles. The van der Waals surface area contributed by atoms with Crippen molar-refractivity contribution in [2.24, 2.45) is 0 Å². The molecule has 0 bridgehead atoms. The quantitative estimate of drug-likeness (QED) is 0.228. The largest absolute Gasteiger partial charge is 0.504 e. The molecule has 0 unspecified atom stereocenters. The maximum Gasteiger partial charge on any atom is 0.417 e. The van der Waals surface area contributed by atoms with Crippen LogP contribution in [0, 0.1) is 17.0 Å². The number of nitro benzene ring substituents is 1. The number of phenols is 2. The molecule has 4 rings (SSSR count). The van der Waals surface area contributed by atoms with E-state index in [0.29, 0.717) is 5.56 Å². The molecular formula is C22H14F3N3O5. The van der Waals surface area contributed by atoms with Gasteiger partial charge in [0.2, 0.25) is 11.6 Å². The average molecular weight is 457 g/mol. The molecule has 0 aliphatic rings. The van der Waals surface area contributed by atoms with Crippen LogP contribution in [0.5, 0.6) is 11.5 Å². The zero-order chi connectivity index (χ0) is 23.9. The van der Waals surface area contributed by atoms with E-state index in [1.54, 1.807) is 30.3 Å². The van der Waals surface area contributed by atoms with Gasteiger partial charge in [-0.1, -0.05) is 30.3 Å². The number of nitrogens with zero attached hydrogens (tertiary/aromatic N) is 3. The lowest BCUT2D eigenvalue weighted by molar-refractivity contribution is -0.385. The third kappa shape index (κ3) is 4.07. The van der Waals surface area contributed by atoms with Gasteiger partial charge in [0, 0.05) is 22.9 Å². The number of pyridine rings is 1. The average Bonchev–Trinajstić information content (AvgIpc) is 3.24. The highest BCUT2D eigenvalue weighted by atomic mass is 19.4. The Morgan fingerprint density at radius 1 is 1.03 bits per heavy atom. The van der Waals surface area contributed by atoms with Crippen molar-refractivity contribution in [3.05, 3.63) is 76.2 Å². The number of aromatic hydroxyl groups is 2. The third-order valence-electron chi connectivity index (χ3n) is 4.78. The number of nitro groups is 1. The van der Waals surface area contributed by atoms with Crippen LogP contribution in [0.3, 0.4) is 0 Å². The van der Waals surface area contributed by atoms with Gasteiger partial charge >= 0.3 is 11.9 Å². The molecule has 2 aromatic carbocycles. The second-order valence-corrected chi connectivity index (χ2v) is 7.06. The molecule has 0 atom stereocenters. The van der Waals surface area contributed by atoms with Crippen molar-refractivity contribution >= 4 is 5.69 Å². The summed E-state index contributed by atoms with van der Waals surface area (Å²) in [4.78, 5) is 18.6. The number of alkyl halides is 3. The molecule has 0 aliphatic carbocycles. The highest BCUT2D eigenvalue weighted by molar-refractivity contribution is 5.81. The fourth-order valence-electron chi connectivity index (χ4n) is 3.33. The van der Waals surface area contributed by atoms with Crippen LogP contribution in [0.25, 0.3) is 34.0 Å². The first-order valence-electron chi connectivity index (χ1n) is 9.37. The minimum Gasteiger partial charge on any atom is -0.504 e. The first kappa shape index (κ1) is 21.8. The van der Waals surface area contributed by atoms with E-state index < -0.39 is 45.3 Å². The van der Waals surface area contributed by atoms with Gasteiger partial charge in [-0.25, -0.2) is 4.98 Å². The number of benzene rings is 2. The van der Waals surface area contributed by atoms with E-state index in [9.17, 15) is 33.5 Å². The number of aromatic nitrogens is 2. The lowest BCUT2D eigenvalue weighted by Gasteiger charge is -2.15. The number of halogens is 3. The Balaban J connectivity index is 1.94. The van der Waals surface area contributed by atoms with E-state index in [0.717, 1.165) is 24.5 Å². The molecule has 0 aliphatic heterocycles. The van der Waals surface area contributed by atoms with Gasteiger partial charge in [-0.15, -0.1) is 0 Å². The summed E-state index contributed by atoms with van der Waals surface area (Å²) in [6, 6.07) is 11.0. The molecule has 0 fully saturated rings. The molecule has 0 radical (unpaired) electrons. The second-order valence-electron chi connectivity index (χ2n) is 7.06. The summed E-state index contributed by atoms with van der Waals surface area (Å²) in [5.41, 5.74) is -1.80. The van der Waals surface area contributed by atoms with Gasteiger partial charge in [0.15, 0.2) is 5.75 Å². The summed E-state index contributed by atoms with van der Waals surface area (Å²) >= 11 is 0. The summed E-state index contributed by atoms with van der Waals surface area (Å²) in [7, 11) is 0. The summed E-state index contributed by atoms with van der Waals surface area (Å²) in [5, 5.41) is 30.6. The first-order valence-corrected chi connectivity index (χ1v) is 9.37. The number of rotatable bonds is 4. The van der Waals surface area contributed by atoms with Crippen molar-refractivity contribution in [3.8, 4) is 45.5 Å². The second kappa shape index (κ2) is 7.93. The molecule has 0 saturated heterocycles. The zero-order valence-corrected chi connectivity index (χ0v) is 16.8. The van der Waals surface area contributed by atoms with Crippen LogP contribution < -0.4 is 0 Å². The van der Waals surface area contributed by atoms with Gasteiger partial charge in [-0.2, -0.15) is 13.2 Å². The SMILES string of the molecule is Cc1cc(C(F)(F)F)c(-c2nc(-c3cc(O)c(O)c([N+](=O)[O-])c3)co2)c(-c2ccccc2)n1. The van der Waals surface area contributed by atoms with Crippen molar-refractivity contribution in [1.82, 2.24) is 9.97 Å². The van der Waals surface area contributed by atoms with Gasteiger partial charge in [0.05, 0.1) is 21.7 Å². The van der Waals surface area contributed by atoms with E-state index in [4.69, 9.17) is 4.42 Å². The minimum absolute atomic E-state index is 0.00383. The van der Waals surface area contributed by atoms with Crippen LogP contribution in [0.4, 0.5) is 18.9 Å². The number of hydrogen-bond donors (Lipinski definition) is 2. The Kier molecular flexibility index (Phi) is 5.24. The molecule has 0 amide bonds. The summed E-state index contributed by atoms with van der Waals surface area (Å²) in [6.07, 6.45) is -3.75. The predicted octanol–water partition coefficient (Wildman–Crippen LogP) is 5.72. The molecule has 8 nitrogen and oxygen atoms in total. The van der Waals surface area contributed by atoms with Crippen molar-refractivity contribution in [3.63, 3.8) is 0 Å². The van der Waals surface area contributed by atoms with Crippen molar-refractivity contribution in [2.75, 3.05) is 0 Å². The fraction of sp³-hybridized carbons (Fsp3) is 0.0909. The first-order chi connectivity index (χ1) is 15.6. The molecule has 33 heavy (non-hydrogen) atoms. The lowest BCUT2D eigenvalue weighted by atomic mass is 9.99. The lowest BCUT2D eigenvalue weighted by Crippen LogP contribution is -2.10. The van der Waals surface area contributed by atoms with E-state index in [1.807, 2.05) is 0 Å². The van der Waals surface area contributed by atoms with Gasteiger partial charge in [0.25, 0.3) is 0 Å². The molecule has 2 aromatic heterocycles. The molecule has 2 N–H and O–H groups in total. The summed E-state index contributed by atoms with van der Waals surface area (Å²) < 4.78 is 47.2. The number of aryl methyl sites for hydroxylation is 1. The zero-order valence-electron chi connectivity index (χ0n) is 16.8. The molecule has 0 spiro atoms. The van der Waals surface area contributed by atoms with Crippen LogP contribution >= 0.6 is 0 Å². The fourth-order valence-corrected chi connectivity index (χ4v) is 3.33. The number of oxazole rings is 1. The molecule has 2 heterocycles.